The summed E-state index contributed by atoms with van der Waals surface area (Å²) in [5.74, 6) is -0.0825. The lowest BCUT2D eigenvalue weighted by Crippen LogP contribution is -2.51. The van der Waals surface area contributed by atoms with Crippen LogP contribution in [0, 0.1) is 13.8 Å². The Balaban J connectivity index is 1.45. The van der Waals surface area contributed by atoms with Crippen LogP contribution in [0.3, 0.4) is 0 Å². The van der Waals surface area contributed by atoms with Crippen molar-refractivity contribution in [2.24, 2.45) is 0 Å². The van der Waals surface area contributed by atoms with Gasteiger partial charge >= 0.3 is 6.03 Å². The molecule has 4 rings (SSSR count). The van der Waals surface area contributed by atoms with Gasteiger partial charge in [-0.2, -0.15) is 4.31 Å². The van der Waals surface area contributed by atoms with Crippen molar-refractivity contribution in [2.75, 3.05) is 36.8 Å². The molecule has 2 aromatic carbocycles. The second kappa shape index (κ2) is 8.85. The highest BCUT2D eigenvalue weighted by molar-refractivity contribution is 7.89. The summed E-state index contributed by atoms with van der Waals surface area (Å²) in [6, 6.07) is 8.11. The number of anilines is 2. The number of nitrogens with zero attached hydrogens (tertiary/aromatic N) is 2. The van der Waals surface area contributed by atoms with E-state index in [-0.39, 0.29) is 53.8 Å². The summed E-state index contributed by atoms with van der Waals surface area (Å²) < 4.78 is 33.3. The molecule has 3 amide bonds. The van der Waals surface area contributed by atoms with Gasteiger partial charge in [-0.1, -0.05) is 17.7 Å². The number of hydrogen-bond donors (Lipinski definition) is 2. The molecule has 9 nitrogen and oxygen atoms in total. The minimum Gasteiger partial charge on any atom is -0.479 e. The van der Waals surface area contributed by atoms with Gasteiger partial charge in [-0.05, 0) is 50.1 Å². The van der Waals surface area contributed by atoms with Crippen LogP contribution in [0.1, 0.15) is 18.1 Å². The molecule has 176 valence electrons. The Morgan fingerprint density at radius 2 is 1.82 bits per heavy atom. The zero-order chi connectivity index (χ0) is 23.9. The van der Waals surface area contributed by atoms with Crippen LogP contribution in [-0.4, -0.2) is 61.8 Å². The average molecular weight is 493 g/mol. The monoisotopic (exact) mass is 492 g/mol. The fourth-order valence-electron chi connectivity index (χ4n) is 3.70. The molecule has 0 aliphatic carbocycles. The summed E-state index contributed by atoms with van der Waals surface area (Å²) in [6.45, 7) is 6.28. The predicted octanol–water partition coefficient (Wildman–Crippen LogP) is 3.21. The Hall–Kier alpha value is -2.82. The third-order valence-electron chi connectivity index (χ3n) is 5.87. The van der Waals surface area contributed by atoms with Gasteiger partial charge in [0.2, 0.25) is 10.0 Å². The third kappa shape index (κ3) is 4.64. The fraction of sp³-hybridized carbons (Fsp3) is 0.364. The molecule has 0 aromatic heterocycles. The smallest absolute Gasteiger partial charge is 0.321 e. The van der Waals surface area contributed by atoms with E-state index in [1.165, 1.54) is 16.4 Å². The summed E-state index contributed by atoms with van der Waals surface area (Å²) >= 11 is 6.26. The zero-order valence-electron chi connectivity index (χ0n) is 18.5. The molecule has 11 heteroatoms. The number of rotatable bonds is 3. The summed E-state index contributed by atoms with van der Waals surface area (Å²) in [6.07, 6.45) is -0.742. The highest BCUT2D eigenvalue weighted by Crippen LogP contribution is 2.38. The molecule has 2 aromatic rings. The number of piperazine rings is 1. The number of carbonyl (C=O) groups is 2. The number of sulfonamides is 1. The maximum Gasteiger partial charge on any atom is 0.321 e. The van der Waals surface area contributed by atoms with Gasteiger partial charge in [0.05, 0.1) is 10.7 Å². The predicted molar refractivity (Wildman–Crippen MR) is 125 cm³/mol. The number of carbonyl (C=O) groups excluding carboxylic acids is 2. The Bertz CT molecular complexity index is 1230. The minimum absolute atomic E-state index is 0.0119. The minimum atomic E-state index is -3.93. The molecule has 0 spiro atoms. The van der Waals surface area contributed by atoms with Crippen molar-refractivity contribution in [3.05, 3.63) is 46.5 Å². The number of urea groups is 1. The largest absolute Gasteiger partial charge is 0.479 e. The Labute approximate surface area is 197 Å². The Kier molecular flexibility index (Phi) is 6.26. The lowest BCUT2D eigenvalue weighted by Gasteiger charge is -2.34. The van der Waals surface area contributed by atoms with Crippen LogP contribution in [0.4, 0.5) is 16.2 Å². The van der Waals surface area contributed by atoms with Gasteiger partial charge in [0.1, 0.15) is 10.6 Å². The highest BCUT2D eigenvalue weighted by Gasteiger charge is 2.34. The van der Waals surface area contributed by atoms with Crippen LogP contribution in [0.25, 0.3) is 0 Å². The first-order valence-corrected chi connectivity index (χ1v) is 12.3. The topological polar surface area (TPSA) is 108 Å². The second-order valence-corrected chi connectivity index (χ2v) is 10.5. The molecule has 1 fully saturated rings. The van der Waals surface area contributed by atoms with Crippen LogP contribution in [0.5, 0.6) is 5.75 Å². The number of ether oxygens (including phenoxy) is 1. The molecule has 2 N–H and O–H groups in total. The van der Waals surface area contributed by atoms with Crippen molar-refractivity contribution >= 4 is 44.9 Å². The maximum absolute atomic E-state index is 13.3. The van der Waals surface area contributed by atoms with Gasteiger partial charge < -0.3 is 20.3 Å². The summed E-state index contributed by atoms with van der Waals surface area (Å²) in [4.78, 5) is 25.9. The fourth-order valence-corrected chi connectivity index (χ4v) is 5.64. The van der Waals surface area contributed by atoms with Gasteiger partial charge in [0, 0.05) is 37.9 Å². The van der Waals surface area contributed by atoms with Crippen LogP contribution in [-0.2, 0) is 14.8 Å². The van der Waals surface area contributed by atoms with Gasteiger partial charge in [-0.25, -0.2) is 13.2 Å². The quantitative estimate of drug-likeness (QED) is 0.684. The van der Waals surface area contributed by atoms with Crippen LogP contribution in [0.2, 0.25) is 5.02 Å². The van der Waals surface area contributed by atoms with Crippen molar-refractivity contribution in [3.63, 3.8) is 0 Å². The van der Waals surface area contributed by atoms with Gasteiger partial charge in [-0.3, -0.25) is 4.79 Å². The Morgan fingerprint density at radius 1 is 1.12 bits per heavy atom. The van der Waals surface area contributed by atoms with Crippen molar-refractivity contribution in [3.8, 4) is 5.75 Å². The molecule has 33 heavy (non-hydrogen) atoms. The summed E-state index contributed by atoms with van der Waals surface area (Å²) in [5, 5.41) is 5.50. The first kappa shape index (κ1) is 23.3. The van der Waals surface area contributed by atoms with Crippen molar-refractivity contribution < 1.29 is 22.7 Å². The van der Waals surface area contributed by atoms with E-state index in [0.29, 0.717) is 11.4 Å². The van der Waals surface area contributed by atoms with Gasteiger partial charge in [0.25, 0.3) is 5.91 Å². The van der Waals surface area contributed by atoms with E-state index in [2.05, 4.69) is 10.6 Å². The van der Waals surface area contributed by atoms with Gasteiger partial charge in [-0.15, -0.1) is 0 Å². The third-order valence-corrected chi connectivity index (χ3v) is 8.23. The standard InChI is InChI=1S/C22H25ClN4O5S/c1-13-4-5-16(10-14(13)2)24-22(29)26-6-8-27(9-7-26)33(30,31)20-12-19-18(11-17(20)23)25-21(28)15(3)32-19/h4-5,10-12,15H,6-9H2,1-3H3,(H,24,29)(H,25,28)/t15-/m0/s1. The van der Waals surface area contributed by atoms with E-state index < -0.39 is 16.1 Å². The number of benzene rings is 2. The van der Waals surface area contributed by atoms with E-state index in [4.69, 9.17) is 16.3 Å². The molecule has 0 unspecified atom stereocenters. The first-order valence-electron chi connectivity index (χ1n) is 10.5. The molecule has 0 bridgehead atoms. The Morgan fingerprint density at radius 3 is 2.48 bits per heavy atom. The van der Waals surface area contributed by atoms with Crippen molar-refractivity contribution in [1.82, 2.24) is 9.21 Å². The number of halogens is 1. The second-order valence-electron chi connectivity index (χ2n) is 8.15. The molecular weight excluding hydrogens is 468 g/mol. The van der Waals surface area contributed by atoms with E-state index in [9.17, 15) is 18.0 Å². The molecule has 0 radical (unpaired) electrons. The van der Waals surface area contributed by atoms with E-state index in [0.717, 1.165) is 11.1 Å². The zero-order valence-corrected chi connectivity index (χ0v) is 20.1. The molecule has 1 atom stereocenters. The first-order chi connectivity index (χ1) is 15.6. The SMILES string of the molecule is Cc1ccc(NC(=O)N2CCN(S(=O)(=O)c3cc4c(cc3Cl)NC(=O)[C@H](C)O4)CC2)cc1C. The number of nitrogens with one attached hydrogen (secondary N) is 2. The van der Waals surface area contributed by atoms with E-state index in [1.54, 1.807) is 11.8 Å². The summed E-state index contributed by atoms with van der Waals surface area (Å²) in [5.41, 5.74) is 3.23. The number of aryl methyl sites for hydroxylation is 2. The number of amides is 3. The van der Waals surface area contributed by atoms with Crippen molar-refractivity contribution in [2.45, 2.75) is 31.8 Å². The lowest BCUT2D eigenvalue weighted by molar-refractivity contribution is -0.122. The van der Waals surface area contributed by atoms with E-state index in [1.807, 2.05) is 32.0 Å². The van der Waals surface area contributed by atoms with Crippen LogP contribution < -0.4 is 15.4 Å². The van der Waals surface area contributed by atoms with E-state index >= 15 is 0 Å². The number of hydrogen-bond acceptors (Lipinski definition) is 5. The van der Waals surface area contributed by atoms with Crippen molar-refractivity contribution in [1.29, 1.82) is 0 Å². The highest BCUT2D eigenvalue weighted by atomic mass is 35.5. The molecule has 2 heterocycles. The van der Waals surface area contributed by atoms with Gasteiger partial charge in [0.15, 0.2) is 6.10 Å². The average Bonchev–Trinajstić information content (AvgIpc) is 2.77. The molecular formula is C22H25ClN4O5S. The normalized spacial score (nSPS) is 18.8. The molecule has 2 aliphatic heterocycles. The summed E-state index contributed by atoms with van der Waals surface area (Å²) in [7, 11) is -3.93. The van der Waals surface area contributed by atoms with Crippen LogP contribution >= 0.6 is 11.6 Å². The molecule has 0 saturated carbocycles. The lowest BCUT2D eigenvalue weighted by atomic mass is 10.1. The maximum atomic E-state index is 13.3. The van der Waals surface area contributed by atoms with Crippen LogP contribution in [0.15, 0.2) is 35.2 Å². The number of fused-ring (bicyclic) bond motifs is 1. The molecule has 1 saturated heterocycles. The molecule has 2 aliphatic rings.